The Hall–Kier alpha value is -3.54. The van der Waals surface area contributed by atoms with Crippen molar-refractivity contribution in [2.45, 2.75) is 20.0 Å². The van der Waals surface area contributed by atoms with E-state index in [1.54, 1.807) is 18.5 Å². The first-order valence-electron chi connectivity index (χ1n) is 9.08. The summed E-state index contributed by atoms with van der Waals surface area (Å²) in [4.78, 5) is 16.7. The number of rotatable bonds is 6. The Morgan fingerprint density at radius 2 is 1.75 bits per heavy atom. The fourth-order valence-electron chi connectivity index (χ4n) is 2.91. The van der Waals surface area contributed by atoms with Gasteiger partial charge >= 0.3 is 0 Å². The molecule has 0 aliphatic carbocycles. The van der Waals surface area contributed by atoms with E-state index in [0.717, 1.165) is 17.0 Å². The van der Waals surface area contributed by atoms with Gasteiger partial charge in [-0.25, -0.2) is 0 Å². The van der Waals surface area contributed by atoms with E-state index in [-0.39, 0.29) is 12.7 Å². The molecule has 0 unspecified atom stereocenters. The van der Waals surface area contributed by atoms with Crippen LogP contribution in [-0.4, -0.2) is 17.7 Å². The molecule has 0 saturated heterocycles. The number of fused-ring (bicyclic) bond motifs is 1. The first-order chi connectivity index (χ1) is 13.7. The molecule has 0 spiro atoms. The monoisotopic (exact) mass is 375 g/mol. The lowest BCUT2D eigenvalue weighted by molar-refractivity contribution is 0.0950. The van der Waals surface area contributed by atoms with Crippen LogP contribution < -0.4 is 20.1 Å². The molecule has 0 atom stereocenters. The summed E-state index contributed by atoms with van der Waals surface area (Å²) in [7, 11) is 0. The molecule has 0 radical (unpaired) electrons. The summed E-state index contributed by atoms with van der Waals surface area (Å²) >= 11 is 0. The molecule has 4 rings (SSSR count). The number of pyridine rings is 1. The van der Waals surface area contributed by atoms with Crippen molar-refractivity contribution in [1.82, 2.24) is 10.3 Å². The summed E-state index contributed by atoms with van der Waals surface area (Å²) in [5.41, 5.74) is 4.65. The molecule has 0 bridgehead atoms. The summed E-state index contributed by atoms with van der Waals surface area (Å²) in [6, 6.07) is 15.8. The van der Waals surface area contributed by atoms with Gasteiger partial charge in [-0.1, -0.05) is 35.9 Å². The Morgan fingerprint density at radius 3 is 2.61 bits per heavy atom. The standard InChI is InChI=1S/C22H21N3O3/c1-15-2-4-16(5-3-15)10-24-19-9-18(12-23-13-19)22(26)25-11-17-6-7-20-21(8-17)28-14-27-20/h2-9,12-13,24H,10-11,14H2,1H3,(H,25,26). The first kappa shape index (κ1) is 17.9. The first-order valence-corrected chi connectivity index (χ1v) is 9.08. The van der Waals surface area contributed by atoms with Crippen LogP contribution in [0.5, 0.6) is 11.5 Å². The maximum absolute atomic E-state index is 12.5. The number of nitrogens with one attached hydrogen (secondary N) is 2. The normalized spacial score (nSPS) is 11.9. The molecule has 1 aliphatic rings. The van der Waals surface area contributed by atoms with Crippen LogP contribution in [0.1, 0.15) is 27.0 Å². The molecule has 28 heavy (non-hydrogen) atoms. The Morgan fingerprint density at radius 1 is 0.964 bits per heavy atom. The van der Waals surface area contributed by atoms with E-state index in [1.807, 2.05) is 18.2 Å². The molecule has 1 aliphatic heterocycles. The lowest BCUT2D eigenvalue weighted by Crippen LogP contribution is -2.23. The van der Waals surface area contributed by atoms with Crippen LogP contribution in [0.3, 0.4) is 0 Å². The second kappa shape index (κ2) is 8.00. The van der Waals surface area contributed by atoms with Crippen LogP contribution in [0.15, 0.2) is 60.9 Å². The number of anilines is 1. The minimum Gasteiger partial charge on any atom is -0.454 e. The highest BCUT2D eigenvalue weighted by Gasteiger charge is 2.14. The number of carbonyl (C=O) groups is 1. The zero-order valence-corrected chi connectivity index (χ0v) is 15.6. The number of benzene rings is 2. The minimum absolute atomic E-state index is 0.177. The third-order valence-corrected chi connectivity index (χ3v) is 4.51. The molecular weight excluding hydrogens is 354 g/mol. The molecule has 2 N–H and O–H groups in total. The molecule has 3 aromatic rings. The molecular formula is C22H21N3O3. The number of aryl methyl sites for hydroxylation is 1. The van der Waals surface area contributed by atoms with Crippen LogP contribution in [-0.2, 0) is 13.1 Å². The number of ether oxygens (including phenoxy) is 2. The highest BCUT2D eigenvalue weighted by molar-refractivity contribution is 5.94. The molecule has 6 nitrogen and oxygen atoms in total. The van der Waals surface area contributed by atoms with Crippen LogP contribution in [0, 0.1) is 6.92 Å². The van der Waals surface area contributed by atoms with Crippen molar-refractivity contribution < 1.29 is 14.3 Å². The minimum atomic E-state index is -0.177. The molecule has 0 saturated carbocycles. The highest BCUT2D eigenvalue weighted by Crippen LogP contribution is 2.32. The predicted molar refractivity (Wildman–Crippen MR) is 106 cm³/mol. The van der Waals surface area contributed by atoms with Crippen molar-refractivity contribution in [2.24, 2.45) is 0 Å². The maximum Gasteiger partial charge on any atom is 0.253 e. The Balaban J connectivity index is 1.35. The smallest absolute Gasteiger partial charge is 0.253 e. The lowest BCUT2D eigenvalue weighted by Gasteiger charge is -2.09. The zero-order chi connectivity index (χ0) is 19.3. The third-order valence-electron chi connectivity index (χ3n) is 4.51. The number of amides is 1. The van der Waals surface area contributed by atoms with Gasteiger partial charge in [0.05, 0.1) is 11.3 Å². The summed E-state index contributed by atoms with van der Waals surface area (Å²) in [5, 5.41) is 6.22. The second-order valence-corrected chi connectivity index (χ2v) is 6.67. The summed E-state index contributed by atoms with van der Waals surface area (Å²) < 4.78 is 10.7. The second-order valence-electron chi connectivity index (χ2n) is 6.67. The van der Waals surface area contributed by atoms with E-state index < -0.39 is 0 Å². The van der Waals surface area contributed by atoms with Gasteiger partial charge in [0.25, 0.3) is 5.91 Å². The Labute approximate surface area is 163 Å². The average Bonchev–Trinajstić information content (AvgIpc) is 3.20. The van der Waals surface area contributed by atoms with Crippen LogP contribution in [0.2, 0.25) is 0 Å². The largest absolute Gasteiger partial charge is 0.454 e. The molecule has 2 heterocycles. The van der Waals surface area contributed by atoms with Gasteiger partial charge in [-0.15, -0.1) is 0 Å². The van der Waals surface area contributed by atoms with E-state index in [1.165, 1.54) is 11.1 Å². The summed E-state index contributed by atoms with van der Waals surface area (Å²) in [6.07, 6.45) is 3.27. The average molecular weight is 375 g/mol. The Bertz CT molecular complexity index is 987. The van der Waals surface area contributed by atoms with Crippen molar-refractivity contribution in [1.29, 1.82) is 0 Å². The summed E-state index contributed by atoms with van der Waals surface area (Å²) in [6.45, 7) is 3.37. The topological polar surface area (TPSA) is 72.5 Å². The fourth-order valence-corrected chi connectivity index (χ4v) is 2.91. The van der Waals surface area contributed by atoms with Gasteiger partial charge in [0.2, 0.25) is 6.79 Å². The Kier molecular flexibility index (Phi) is 5.10. The van der Waals surface area contributed by atoms with Crippen molar-refractivity contribution in [3.63, 3.8) is 0 Å². The molecule has 142 valence electrons. The maximum atomic E-state index is 12.5. The number of aromatic nitrogens is 1. The van der Waals surface area contributed by atoms with Gasteiger partial charge in [0.1, 0.15) is 0 Å². The third kappa shape index (κ3) is 4.23. The van der Waals surface area contributed by atoms with Crippen molar-refractivity contribution >= 4 is 11.6 Å². The van der Waals surface area contributed by atoms with Gasteiger partial charge < -0.3 is 20.1 Å². The highest BCUT2D eigenvalue weighted by atomic mass is 16.7. The predicted octanol–water partition coefficient (Wildman–Crippen LogP) is 3.66. The van der Waals surface area contributed by atoms with Crippen LogP contribution in [0.4, 0.5) is 5.69 Å². The van der Waals surface area contributed by atoms with Gasteiger partial charge in [-0.2, -0.15) is 0 Å². The van der Waals surface area contributed by atoms with E-state index in [4.69, 9.17) is 9.47 Å². The molecule has 6 heteroatoms. The van der Waals surface area contributed by atoms with Gasteiger partial charge in [0.15, 0.2) is 11.5 Å². The van der Waals surface area contributed by atoms with E-state index in [2.05, 4.69) is 46.8 Å². The quantitative estimate of drug-likeness (QED) is 0.688. The van der Waals surface area contributed by atoms with E-state index >= 15 is 0 Å². The number of nitrogens with zero attached hydrogens (tertiary/aromatic N) is 1. The number of hydrogen-bond donors (Lipinski definition) is 2. The van der Waals surface area contributed by atoms with Crippen molar-refractivity contribution in [3.8, 4) is 11.5 Å². The van der Waals surface area contributed by atoms with Crippen molar-refractivity contribution in [2.75, 3.05) is 12.1 Å². The molecule has 2 aromatic carbocycles. The number of hydrogen-bond acceptors (Lipinski definition) is 5. The summed E-state index contributed by atoms with van der Waals surface area (Å²) in [5.74, 6) is 1.26. The van der Waals surface area contributed by atoms with Gasteiger partial charge in [-0.05, 0) is 36.2 Å². The van der Waals surface area contributed by atoms with Crippen molar-refractivity contribution in [3.05, 3.63) is 83.2 Å². The van der Waals surface area contributed by atoms with E-state index in [9.17, 15) is 4.79 Å². The van der Waals surface area contributed by atoms with E-state index in [0.29, 0.717) is 24.4 Å². The molecule has 1 aromatic heterocycles. The SMILES string of the molecule is Cc1ccc(CNc2cncc(C(=O)NCc3ccc4c(c3)OCO4)c2)cc1. The fraction of sp³-hybridized carbons (Fsp3) is 0.182. The van der Waals surface area contributed by atoms with Gasteiger partial charge in [0, 0.05) is 25.5 Å². The van der Waals surface area contributed by atoms with Crippen LogP contribution in [0.25, 0.3) is 0 Å². The molecule has 0 fully saturated rings. The molecule has 1 amide bonds. The van der Waals surface area contributed by atoms with Crippen LogP contribution >= 0.6 is 0 Å². The van der Waals surface area contributed by atoms with Gasteiger partial charge in [-0.3, -0.25) is 9.78 Å². The lowest BCUT2D eigenvalue weighted by atomic mass is 10.1. The number of carbonyl (C=O) groups excluding carboxylic acids is 1. The zero-order valence-electron chi connectivity index (χ0n) is 15.6.